The number of hydrogen-bond donors (Lipinski definition) is 0. The Bertz CT molecular complexity index is 552. The van der Waals surface area contributed by atoms with E-state index in [-0.39, 0.29) is 5.75 Å². The van der Waals surface area contributed by atoms with Crippen LogP contribution in [0.1, 0.15) is 96.8 Å². The normalized spacial score (nSPS) is 11.8. The monoisotopic (exact) mass is 400 g/mol. The van der Waals surface area contributed by atoms with Crippen molar-refractivity contribution < 1.29 is 8.42 Å². The molecule has 0 heterocycles. The fourth-order valence-electron chi connectivity index (χ4n) is 3.25. The summed E-state index contributed by atoms with van der Waals surface area (Å²) in [6.45, 7) is 2.26. The van der Waals surface area contributed by atoms with Crippen LogP contribution in [0.4, 0.5) is 0 Å². The van der Waals surface area contributed by atoms with Crippen LogP contribution in [0.15, 0.2) is 29.2 Å². The molecule has 0 radical (unpaired) electrons. The predicted octanol–water partition coefficient (Wildman–Crippen LogP) is 7.60. The van der Waals surface area contributed by atoms with Crippen LogP contribution < -0.4 is 0 Å². The first-order chi connectivity index (χ1) is 12.6. The average molecular weight is 401 g/mol. The van der Waals surface area contributed by atoms with Gasteiger partial charge < -0.3 is 0 Å². The van der Waals surface area contributed by atoms with Crippen molar-refractivity contribution in [1.29, 1.82) is 0 Å². The molecule has 0 amide bonds. The van der Waals surface area contributed by atoms with E-state index in [1.54, 1.807) is 24.3 Å². The lowest BCUT2D eigenvalue weighted by Gasteiger charge is -2.05. The summed E-state index contributed by atoms with van der Waals surface area (Å²) < 4.78 is 24.4. The quantitative estimate of drug-likeness (QED) is 0.268. The van der Waals surface area contributed by atoms with Gasteiger partial charge in [0.15, 0.2) is 9.84 Å². The summed E-state index contributed by atoms with van der Waals surface area (Å²) in [7, 11) is -3.15. The summed E-state index contributed by atoms with van der Waals surface area (Å²) in [6, 6.07) is 6.47. The third-order valence-electron chi connectivity index (χ3n) is 4.94. The zero-order valence-electron chi connectivity index (χ0n) is 16.5. The van der Waals surface area contributed by atoms with Gasteiger partial charge in [-0.3, -0.25) is 0 Å². The summed E-state index contributed by atoms with van der Waals surface area (Å²) in [5.74, 6) is 0.243. The van der Waals surface area contributed by atoms with E-state index in [2.05, 4.69) is 6.92 Å². The summed E-state index contributed by atoms with van der Waals surface area (Å²) in [4.78, 5) is 0.386. The first-order valence-electron chi connectivity index (χ1n) is 10.5. The molecule has 0 bridgehead atoms. The first kappa shape index (κ1) is 23.5. The molecule has 150 valence electrons. The molecule has 26 heavy (non-hydrogen) atoms. The molecular weight excluding hydrogens is 364 g/mol. The minimum absolute atomic E-state index is 0.243. The van der Waals surface area contributed by atoms with Gasteiger partial charge >= 0.3 is 0 Å². The van der Waals surface area contributed by atoms with Gasteiger partial charge in [-0.2, -0.15) is 0 Å². The molecule has 0 saturated carbocycles. The molecule has 1 aromatic carbocycles. The van der Waals surface area contributed by atoms with Crippen LogP contribution in [0, 0.1) is 0 Å². The van der Waals surface area contributed by atoms with Gasteiger partial charge in [0.25, 0.3) is 0 Å². The van der Waals surface area contributed by atoms with Crippen molar-refractivity contribution >= 4 is 21.4 Å². The summed E-state index contributed by atoms with van der Waals surface area (Å²) in [6.07, 6.45) is 17.8. The zero-order valence-corrected chi connectivity index (χ0v) is 18.1. The standard InChI is InChI=1S/C22H37ClO2S/c1-2-3-4-5-6-7-8-9-10-11-12-13-14-15-20-26(24,25)22-18-16-21(23)17-19-22/h16-19H,2-15,20H2,1H3. The molecule has 0 aliphatic rings. The topological polar surface area (TPSA) is 34.1 Å². The molecule has 0 unspecified atom stereocenters. The van der Waals surface area contributed by atoms with Gasteiger partial charge in [-0.05, 0) is 30.7 Å². The molecule has 4 heteroatoms. The van der Waals surface area contributed by atoms with E-state index in [4.69, 9.17) is 11.6 Å². The maximum Gasteiger partial charge on any atom is 0.178 e. The molecule has 1 aromatic rings. The summed E-state index contributed by atoms with van der Waals surface area (Å²) >= 11 is 5.81. The molecule has 0 saturated heterocycles. The van der Waals surface area contributed by atoms with Crippen molar-refractivity contribution in [3.8, 4) is 0 Å². The Morgan fingerprint density at radius 2 is 1.04 bits per heavy atom. The van der Waals surface area contributed by atoms with E-state index >= 15 is 0 Å². The van der Waals surface area contributed by atoms with Gasteiger partial charge in [0.2, 0.25) is 0 Å². The SMILES string of the molecule is CCCCCCCCCCCCCCCCS(=O)(=O)c1ccc(Cl)cc1. The molecule has 0 aromatic heterocycles. The van der Waals surface area contributed by atoms with Crippen molar-refractivity contribution in [3.63, 3.8) is 0 Å². The van der Waals surface area contributed by atoms with Gasteiger partial charge in [-0.15, -0.1) is 0 Å². The van der Waals surface area contributed by atoms with Gasteiger partial charge in [-0.1, -0.05) is 102 Å². The van der Waals surface area contributed by atoms with E-state index in [1.807, 2.05) is 0 Å². The van der Waals surface area contributed by atoms with E-state index in [1.165, 1.54) is 70.6 Å². The van der Waals surface area contributed by atoms with Crippen molar-refractivity contribution in [3.05, 3.63) is 29.3 Å². The second-order valence-electron chi connectivity index (χ2n) is 7.37. The van der Waals surface area contributed by atoms with Crippen LogP contribution in [0.2, 0.25) is 5.02 Å². The van der Waals surface area contributed by atoms with Crippen LogP contribution in [-0.2, 0) is 9.84 Å². The van der Waals surface area contributed by atoms with Gasteiger partial charge in [0.1, 0.15) is 0 Å². The highest BCUT2D eigenvalue weighted by atomic mass is 35.5. The van der Waals surface area contributed by atoms with Crippen molar-refractivity contribution in [2.45, 2.75) is 102 Å². The lowest BCUT2D eigenvalue weighted by Crippen LogP contribution is -2.06. The Hall–Kier alpha value is -0.540. The number of rotatable bonds is 16. The largest absolute Gasteiger partial charge is 0.224 e. The molecule has 1 rings (SSSR count). The highest BCUT2D eigenvalue weighted by Crippen LogP contribution is 2.17. The predicted molar refractivity (Wildman–Crippen MR) is 114 cm³/mol. The molecule has 0 aliphatic heterocycles. The van der Waals surface area contributed by atoms with Crippen LogP contribution in [0.5, 0.6) is 0 Å². The summed E-state index contributed by atoms with van der Waals surface area (Å²) in [5.41, 5.74) is 0. The third kappa shape index (κ3) is 11.2. The number of benzene rings is 1. The van der Waals surface area contributed by atoms with E-state index in [0.717, 1.165) is 19.3 Å². The minimum Gasteiger partial charge on any atom is -0.224 e. The molecule has 0 aliphatic carbocycles. The van der Waals surface area contributed by atoms with Gasteiger partial charge in [0.05, 0.1) is 10.6 Å². The maximum absolute atomic E-state index is 12.2. The number of sulfone groups is 1. The summed E-state index contributed by atoms with van der Waals surface area (Å²) in [5, 5.41) is 0.570. The van der Waals surface area contributed by atoms with E-state index in [9.17, 15) is 8.42 Å². The van der Waals surface area contributed by atoms with Crippen LogP contribution in [0.25, 0.3) is 0 Å². The Morgan fingerprint density at radius 1 is 0.654 bits per heavy atom. The van der Waals surface area contributed by atoms with Crippen molar-refractivity contribution in [1.82, 2.24) is 0 Å². The number of hydrogen-bond acceptors (Lipinski definition) is 2. The third-order valence-corrected chi connectivity index (χ3v) is 7.01. The lowest BCUT2D eigenvalue weighted by molar-refractivity contribution is 0.537. The smallest absolute Gasteiger partial charge is 0.178 e. The number of unbranched alkanes of at least 4 members (excludes halogenated alkanes) is 13. The highest BCUT2D eigenvalue weighted by molar-refractivity contribution is 7.91. The molecule has 0 fully saturated rings. The Balaban J connectivity index is 1.94. The van der Waals surface area contributed by atoms with Crippen molar-refractivity contribution in [2.24, 2.45) is 0 Å². The maximum atomic E-state index is 12.2. The lowest BCUT2D eigenvalue weighted by atomic mass is 10.0. The minimum atomic E-state index is -3.15. The van der Waals surface area contributed by atoms with Gasteiger partial charge in [-0.25, -0.2) is 8.42 Å². The molecule has 0 spiro atoms. The fraction of sp³-hybridized carbons (Fsp3) is 0.727. The molecule has 0 N–H and O–H groups in total. The van der Waals surface area contributed by atoms with Crippen molar-refractivity contribution in [2.75, 3.05) is 5.75 Å². The van der Waals surface area contributed by atoms with Crippen LogP contribution >= 0.6 is 11.6 Å². The second-order valence-corrected chi connectivity index (χ2v) is 9.91. The highest BCUT2D eigenvalue weighted by Gasteiger charge is 2.13. The Morgan fingerprint density at radius 3 is 1.46 bits per heavy atom. The van der Waals surface area contributed by atoms with Crippen LogP contribution in [-0.4, -0.2) is 14.2 Å². The van der Waals surface area contributed by atoms with E-state index in [0.29, 0.717) is 9.92 Å². The molecular formula is C22H37ClO2S. The molecule has 0 atom stereocenters. The second kappa shape index (κ2) is 14.5. The number of halogens is 1. The first-order valence-corrected chi connectivity index (χ1v) is 12.6. The Kier molecular flexibility index (Phi) is 13.1. The zero-order chi connectivity index (χ0) is 19.1. The molecule has 2 nitrogen and oxygen atoms in total. The van der Waals surface area contributed by atoms with Gasteiger partial charge in [0, 0.05) is 5.02 Å². The van der Waals surface area contributed by atoms with Crippen LogP contribution in [0.3, 0.4) is 0 Å². The average Bonchev–Trinajstić information content (AvgIpc) is 2.62. The van der Waals surface area contributed by atoms with E-state index < -0.39 is 9.84 Å². The fourth-order valence-corrected chi connectivity index (χ4v) is 4.74. The Labute approximate surface area is 166 Å².